The summed E-state index contributed by atoms with van der Waals surface area (Å²) in [7, 11) is -3.81. The van der Waals surface area contributed by atoms with Gasteiger partial charge < -0.3 is 9.52 Å². The molecule has 0 fully saturated rings. The number of carboxylic acids is 1. The van der Waals surface area contributed by atoms with Crippen molar-refractivity contribution in [2.75, 3.05) is 4.72 Å². The number of benzene rings is 1. The van der Waals surface area contributed by atoms with Crippen LogP contribution in [-0.2, 0) is 26.0 Å². The van der Waals surface area contributed by atoms with Crippen molar-refractivity contribution in [1.82, 2.24) is 9.97 Å². The second-order valence-electron chi connectivity index (χ2n) is 7.49. The van der Waals surface area contributed by atoms with E-state index in [0.29, 0.717) is 17.2 Å². The topological polar surface area (TPSA) is 122 Å². The minimum atomic E-state index is -3.81. The molecule has 0 amide bonds. The number of sulfonamides is 1. The van der Waals surface area contributed by atoms with Gasteiger partial charge in [-0.15, -0.1) is 11.8 Å². The third-order valence-corrected chi connectivity index (χ3v) is 7.52. The molecule has 3 aromatic rings. The highest BCUT2D eigenvalue weighted by Gasteiger charge is 2.20. The van der Waals surface area contributed by atoms with E-state index < -0.39 is 16.0 Å². The molecule has 0 saturated heterocycles. The van der Waals surface area contributed by atoms with E-state index in [-0.39, 0.29) is 15.4 Å². The van der Waals surface area contributed by atoms with Crippen LogP contribution in [-0.4, -0.2) is 29.5 Å². The zero-order chi connectivity index (χ0) is 22.6. The Kier molecular flexibility index (Phi) is 6.87. The number of thiazole rings is 1. The van der Waals surface area contributed by atoms with Crippen LogP contribution in [0.3, 0.4) is 0 Å². The summed E-state index contributed by atoms with van der Waals surface area (Å²) in [5.74, 6) is 0.844. The summed E-state index contributed by atoms with van der Waals surface area (Å²) >= 11 is 2.68. The van der Waals surface area contributed by atoms with E-state index in [9.17, 15) is 13.2 Å². The van der Waals surface area contributed by atoms with Gasteiger partial charge in [0.2, 0.25) is 5.89 Å². The first-order valence-corrected chi connectivity index (χ1v) is 12.4. The van der Waals surface area contributed by atoms with Gasteiger partial charge in [-0.1, -0.05) is 44.2 Å². The van der Waals surface area contributed by atoms with Gasteiger partial charge in [0.15, 0.2) is 5.13 Å². The molecule has 0 spiro atoms. The predicted molar refractivity (Wildman–Crippen MR) is 121 cm³/mol. The molecular formula is C20H21N3O5S3. The van der Waals surface area contributed by atoms with E-state index in [1.807, 2.05) is 20.8 Å². The quantitative estimate of drug-likeness (QED) is 0.354. The lowest BCUT2D eigenvalue weighted by molar-refractivity contribution is -0.131. The summed E-state index contributed by atoms with van der Waals surface area (Å²) in [6.07, 6.45) is 5.69. The van der Waals surface area contributed by atoms with Crippen molar-refractivity contribution in [1.29, 1.82) is 0 Å². The fourth-order valence-corrected chi connectivity index (χ4v) is 5.30. The molecule has 0 atom stereocenters. The van der Waals surface area contributed by atoms with Crippen LogP contribution in [0.2, 0.25) is 0 Å². The van der Waals surface area contributed by atoms with Crippen molar-refractivity contribution in [2.45, 2.75) is 41.0 Å². The Morgan fingerprint density at radius 1 is 1.23 bits per heavy atom. The lowest BCUT2D eigenvalue weighted by Crippen LogP contribution is -2.12. The van der Waals surface area contributed by atoms with Gasteiger partial charge in [0.1, 0.15) is 5.76 Å². The van der Waals surface area contributed by atoms with Gasteiger partial charge in [-0.2, -0.15) is 0 Å². The molecule has 0 aliphatic heterocycles. The van der Waals surface area contributed by atoms with E-state index in [1.54, 1.807) is 12.4 Å². The number of oxazole rings is 1. The number of aromatic nitrogens is 2. The van der Waals surface area contributed by atoms with E-state index in [0.717, 1.165) is 16.0 Å². The Balaban J connectivity index is 1.62. The van der Waals surface area contributed by atoms with Gasteiger partial charge in [-0.25, -0.2) is 23.2 Å². The molecule has 0 bridgehead atoms. The molecule has 2 heterocycles. The number of anilines is 1. The van der Waals surface area contributed by atoms with Crippen molar-refractivity contribution in [3.05, 3.63) is 59.9 Å². The fraction of sp³-hybridized carbons (Fsp3) is 0.250. The van der Waals surface area contributed by atoms with Gasteiger partial charge in [-0.3, -0.25) is 4.72 Å². The Morgan fingerprint density at radius 2 is 1.94 bits per heavy atom. The molecule has 0 saturated carbocycles. The second-order valence-corrected chi connectivity index (χ2v) is 11.5. The zero-order valence-corrected chi connectivity index (χ0v) is 19.5. The van der Waals surface area contributed by atoms with E-state index in [2.05, 4.69) is 14.7 Å². The Bertz CT molecular complexity index is 1190. The lowest BCUT2D eigenvalue weighted by atomic mass is 9.94. The lowest BCUT2D eigenvalue weighted by Gasteiger charge is -2.12. The summed E-state index contributed by atoms with van der Waals surface area (Å²) < 4.78 is 34.2. The summed E-state index contributed by atoms with van der Waals surface area (Å²) in [5.41, 5.74) is 0.465. The molecule has 31 heavy (non-hydrogen) atoms. The van der Waals surface area contributed by atoms with E-state index in [1.165, 1.54) is 53.4 Å². The first-order chi connectivity index (χ1) is 14.5. The molecule has 2 N–H and O–H groups in total. The largest absolute Gasteiger partial charge is 0.478 e. The molecule has 11 heteroatoms. The first kappa shape index (κ1) is 23.0. The molecule has 0 radical (unpaired) electrons. The fourth-order valence-electron chi connectivity index (χ4n) is 2.33. The van der Waals surface area contributed by atoms with Crippen LogP contribution in [0.25, 0.3) is 6.08 Å². The highest BCUT2D eigenvalue weighted by atomic mass is 32.2. The minimum absolute atomic E-state index is 0.0545. The highest BCUT2D eigenvalue weighted by molar-refractivity contribution is 8.00. The molecule has 1 aromatic carbocycles. The van der Waals surface area contributed by atoms with Crippen LogP contribution in [0.1, 0.15) is 38.0 Å². The van der Waals surface area contributed by atoms with Gasteiger partial charge in [0.05, 0.1) is 27.3 Å². The smallest absolute Gasteiger partial charge is 0.328 e. The third kappa shape index (κ3) is 6.42. The normalized spacial score (nSPS) is 12.4. The van der Waals surface area contributed by atoms with Crippen molar-refractivity contribution in [2.24, 2.45) is 0 Å². The van der Waals surface area contributed by atoms with Crippen molar-refractivity contribution < 1.29 is 22.7 Å². The van der Waals surface area contributed by atoms with Crippen LogP contribution in [0.15, 0.2) is 56.3 Å². The molecule has 8 nitrogen and oxygen atoms in total. The zero-order valence-electron chi connectivity index (χ0n) is 17.0. The first-order valence-electron chi connectivity index (χ1n) is 9.11. The average molecular weight is 480 g/mol. The van der Waals surface area contributed by atoms with Crippen molar-refractivity contribution in [3.63, 3.8) is 0 Å². The SMILES string of the molecule is CC(C)(C)c1cnc(CSc2cnc(NS(=O)(=O)c3ccc(/C=C/C(=O)O)cc3)s2)o1. The number of carbonyl (C=O) groups is 1. The average Bonchev–Trinajstić information content (AvgIpc) is 3.34. The van der Waals surface area contributed by atoms with Gasteiger partial charge in [-0.05, 0) is 23.8 Å². The Morgan fingerprint density at radius 3 is 2.55 bits per heavy atom. The van der Waals surface area contributed by atoms with Crippen LogP contribution in [0.5, 0.6) is 0 Å². The van der Waals surface area contributed by atoms with Crippen LogP contribution in [0.4, 0.5) is 5.13 Å². The molecule has 164 valence electrons. The molecule has 2 aromatic heterocycles. The molecule has 0 aliphatic carbocycles. The van der Waals surface area contributed by atoms with Crippen LogP contribution in [0, 0.1) is 0 Å². The maximum atomic E-state index is 12.6. The number of thioether (sulfide) groups is 1. The minimum Gasteiger partial charge on any atom is -0.478 e. The van der Waals surface area contributed by atoms with E-state index in [4.69, 9.17) is 9.52 Å². The number of rotatable bonds is 8. The Hall–Kier alpha value is -2.63. The third-order valence-electron chi connectivity index (χ3n) is 3.95. The number of nitrogens with one attached hydrogen (secondary N) is 1. The Labute approximate surface area is 188 Å². The highest BCUT2D eigenvalue weighted by Crippen LogP contribution is 2.32. The number of nitrogens with zero attached hydrogens (tertiary/aromatic N) is 2. The van der Waals surface area contributed by atoms with Crippen molar-refractivity contribution >= 4 is 50.3 Å². The van der Waals surface area contributed by atoms with Gasteiger partial charge in [0.25, 0.3) is 10.0 Å². The van der Waals surface area contributed by atoms with Gasteiger partial charge in [0, 0.05) is 11.5 Å². The standard InChI is InChI=1S/C20H21N3O5S3/c1-20(2,3)15-10-21-16(28-15)12-29-18-11-22-19(30-18)23-31(26,27)14-7-4-13(5-8-14)6-9-17(24)25/h4-11H,12H2,1-3H3,(H,22,23)(H,24,25)/b9-6+. The van der Waals surface area contributed by atoms with Crippen LogP contribution < -0.4 is 4.72 Å². The summed E-state index contributed by atoms with van der Waals surface area (Å²) in [6, 6.07) is 5.86. The maximum absolute atomic E-state index is 12.6. The molecule has 3 rings (SSSR count). The van der Waals surface area contributed by atoms with E-state index >= 15 is 0 Å². The summed E-state index contributed by atoms with van der Waals surface area (Å²) in [4.78, 5) is 19.0. The van der Waals surface area contributed by atoms with Crippen molar-refractivity contribution in [3.8, 4) is 0 Å². The van der Waals surface area contributed by atoms with Gasteiger partial charge >= 0.3 is 5.97 Å². The second kappa shape index (κ2) is 9.25. The number of aliphatic carboxylic acids is 1. The molecule has 0 unspecified atom stereocenters. The number of hydrogen-bond acceptors (Lipinski definition) is 8. The predicted octanol–water partition coefficient (Wildman–Crippen LogP) is 4.62. The monoisotopic (exact) mass is 479 g/mol. The molecular weight excluding hydrogens is 458 g/mol. The summed E-state index contributed by atoms with van der Waals surface area (Å²) in [6.45, 7) is 6.14. The summed E-state index contributed by atoms with van der Waals surface area (Å²) in [5, 5.41) is 8.90. The molecule has 0 aliphatic rings. The number of hydrogen-bond donors (Lipinski definition) is 2. The number of carboxylic acid groups (broad SMARTS) is 1. The maximum Gasteiger partial charge on any atom is 0.328 e. The van der Waals surface area contributed by atoms with Crippen LogP contribution >= 0.6 is 23.1 Å².